The summed E-state index contributed by atoms with van der Waals surface area (Å²) in [5, 5.41) is 9.81. The molecular formula is C15H18N4O. The van der Waals surface area contributed by atoms with Crippen LogP contribution in [0.3, 0.4) is 0 Å². The summed E-state index contributed by atoms with van der Waals surface area (Å²) < 4.78 is 5.14. The van der Waals surface area contributed by atoms with Gasteiger partial charge in [-0.05, 0) is 12.1 Å². The Balaban J connectivity index is 2.41. The van der Waals surface area contributed by atoms with Crippen molar-refractivity contribution in [2.24, 2.45) is 0 Å². The van der Waals surface area contributed by atoms with E-state index in [0.29, 0.717) is 25.3 Å². The van der Waals surface area contributed by atoms with Gasteiger partial charge in [0.25, 0.3) is 0 Å². The normalized spacial score (nSPS) is 10.4. The van der Waals surface area contributed by atoms with E-state index in [9.17, 15) is 0 Å². The predicted molar refractivity (Wildman–Crippen MR) is 80.5 cm³/mol. The van der Waals surface area contributed by atoms with Gasteiger partial charge in [0.15, 0.2) is 0 Å². The Labute approximate surface area is 118 Å². The lowest BCUT2D eigenvalue weighted by molar-refractivity contribution is 0.205. The first-order chi connectivity index (χ1) is 9.77. The molecule has 2 aromatic rings. The number of benzene rings is 1. The molecule has 104 valence electrons. The number of nitrogens with two attached hydrogens (primary N) is 1. The fraction of sp³-hybridized carbons (Fsp3) is 0.333. The fourth-order valence-electron chi connectivity index (χ4n) is 2.20. The predicted octanol–water partition coefficient (Wildman–Crippen LogP) is 2.18. The molecule has 0 saturated carbocycles. The topological polar surface area (TPSA) is 75.2 Å². The largest absolute Gasteiger partial charge is 0.397 e. The standard InChI is InChI=1S/C15H18N4O/c1-20-11-10-19(9-3-7-16)14-6-8-18-15-12(14)4-2-5-13(15)17/h2,4-6,8H,3,9-11,17H2,1H3. The van der Waals surface area contributed by atoms with Gasteiger partial charge >= 0.3 is 0 Å². The van der Waals surface area contributed by atoms with Crippen LogP contribution in [0.2, 0.25) is 0 Å². The Kier molecular flexibility index (Phi) is 4.75. The Bertz CT molecular complexity index is 621. The van der Waals surface area contributed by atoms with E-state index < -0.39 is 0 Å². The third-order valence-electron chi connectivity index (χ3n) is 3.18. The molecule has 0 spiro atoms. The number of hydrogen-bond donors (Lipinski definition) is 1. The van der Waals surface area contributed by atoms with Crippen molar-refractivity contribution in [3.63, 3.8) is 0 Å². The number of nitriles is 1. The molecule has 0 unspecified atom stereocenters. The molecule has 0 fully saturated rings. The molecule has 0 atom stereocenters. The second-order valence-corrected chi connectivity index (χ2v) is 4.46. The molecule has 0 radical (unpaired) electrons. The lowest BCUT2D eigenvalue weighted by Gasteiger charge is -2.25. The van der Waals surface area contributed by atoms with Crippen molar-refractivity contribution in [2.75, 3.05) is 37.4 Å². The van der Waals surface area contributed by atoms with Crippen LogP contribution >= 0.6 is 0 Å². The second kappa shape index (κ2) is 6.73. The Morgan fingerprint density at radius 1 is 1.35 bits per heavy atom. The maximum absolute atomic E-state index is 8.80. The second-order valence-electron chi connectivity index (χ2n) is 4.46. The molecule has 0 bridgehead atoms. The third-order valence-corrected chi connectivity index (χ3v) is 3.18. The molecule has 0 aliphatic rings. The van der Waals surface area contributed by atoms with Gasteiger partial charge in [0.05, 0.1) is 30.3 Å². The first kappa shape index (κ1) is 14.1. The van der Waals surface area contributed by atoms with Crippen LogP contribution < -0.4 is 10.6 Å². The Hall–Kier alpha value is -2.32. The minimum Gasteiger partial charge on any atom is -0.397 e. The quantitative estimate of drug-likeness (QED) is 0.814. The molecule has 1 aromatic carbocycles. The van der Waals surface area contributed by atoms with Gasteiger partial charge in [-0.1, -0.05) is 12.1 Å². The molecule has 0 amide bonds. The van der Waals surface area contributed by atoms with E-state index >= 15 is 0 Å². The fourth-order valence-corrected chi connectivity index (χ4v) is 2.20. The summed E-state index contributed by atoms with van der Waals surface area (Å²) in [5.41, 5.74) is 8.46. The zero-order chi connectivity index (χ0) is 14.4. The van der Waals surface area contributed by atoms with Crippen LogP contribution in [-0.4, -0.2) is 31.8 Å². The zero-order valence-corrected chi connectivity index (χ0v) is 11.5. The van der Waals surface area contributed by atoms with E-state index in [2.05, 4.69) is 16.0 Å². The summed E-state index contributed by atoms with van der Waals surface area (Å²) in [5.74, 6) is 0. The number of hydrogen-bond acceptors (Lipinski definition) is 5. The van der Waals surface area contributed by atoms with Crippen molar-refractivity contribution in [3.05, 3.63) is 30.5 Å². The number of anilines is 2. The molecular weight excluding hydrogens is 252 g/mol. The highest BCUT2D eigenvalue weighted by Gasteiger charge is 2.11. The van der Waals surface area contributed by atoms with E-state index in [-0.39, 0.29) is 0 Å². The number of methoxy groups -OCH3 is 1. The molecule has 5 heteroatoms. The maximum atomic E-state index is 8.80. The number of aromatic nitrogens is 1. The highest BCUT2D eigenvalue weighted by Crippen LogP contribution is 2.28. The third kappa shape index (κ3) is 2.98. The summed E-state index contributed by atoms with van der Waals surface area (Å²) in [4.78, 5) is 6.47. The average molecular weight is 270 g/mol. The smallest absolute Gasteiger partial charge is 0.0951 e. The molecule has 0 aliphatic carbocycles. The van der Waals surface area contributed by atoms with Crippen molar-refractivity contribution in [1.82, 2.24) is 4.98 Å². The molecule has 2 rings (SSSR count). The van der Waals surface area contributed by atoms with Crippen molar-refractivity contribution in [1.29, 1.82) is 5.26 Å². The SMILES string of the molecule is COCCN(CCC#N)c1ccnc2c(N)cccc12. The number of nitrogen functional groups attached to an aromatic ring is 1. The maximum Gasteiger partial charge on any atom is 0.0951 e. The highest BCUT2D eigenvalue weighted by atomic mass is 16.5. The number of rotatable bonds is 6. The first-order valence-electron chi connectivity index (χ1n) is 6.52. The minimum absolute atomic E-state index is 0.468. The monoisotopic (exact) mass is 270 g/mol. The van der Waals surface area contributed by atoms with E-state index in [1.165, 1.54) is 0 Å². The van der Waals surface area contributed by atoms with Gasteiger partial charge in [-0.3, -0.25) is 4.98 Å². The summed E-state index contributed by atoms with van der Waals surface area (Å²) in [7, 11) is 1.67. The first-order valence-corrected chi connectivity index (χ1v) is 6.52. The van der Waals surface area contributed by atoms with Crippen molar-refractivity contribution < 1.29 is 4.74 Å². The van der Waals surface area contributed by atoms with Crippen LogP contribution in [0.5, 0.6) is 0 Å². The average Bonchev–Trinajstić information content (AvgIpc) is 2.48. The Morgan fingerprint density at radius 3 is 2.95 bits per heavy atom. The molecule has 0 aliphatic heterocycles. The van der Waals surface area contributed by atoms with Crippen LogP contribution in [-0.2, 0) is 4.74 Å². The summed E-state index contributed by atoms with van der Waals surface area (Å²) in [6.07, 6.45) is 2.22. The van der Waals surface area contributed by atoms with Crippen LogP contribution in [0.15, 0.2) is 30.5 Å². The van der Waals surface area contributed by atoms with Crippen molar-refractivity contribution >= 4 is 22.3 Å². The minimum atomic E-state index is 0.468. The van der Waals surface area contributed by atoms with Gasteiger partial charge in [-0.2, -0.15) is 5.26 Å². The molecule has 2 N–H and O–H groups in total. The number of para-hydroxylation sites is 1. The van der Waals surface area contributed by atoms with E-state index in [4.69, 9.17) is 15.7 Å². The van der Waals surface area contributed by atoms with Crippen molar-refractivity contribution in [2.45, 2.75) is 6.42 Å². The number of pyridine rings is 1. The lowest BCUT2D eigenvalue weighted by Crippen LogP contribution is -2.28. The summed E-state index contributed by atoms with van der Waals surface area (Å²) >= 11 is 0. The number of nitrogens with zero attached hydrogens (tertiary/aromatic N) is 3. The molecule has 20 heavy (non-hydrogen) atoms. The van der Waals surface area contributed by atoms with Crippen LogP contribution in [0.25, 0.3) is 10.9 Å². The van der Waals surface area contributed by atoms with E-state index in [1.54, 1.807) is 13.3 Å². The van der Waals surface area contributed by atoms with Gasteiger partial charge < -0.3 is 15.4 Å². The Morgan fingerprint density at radius 2 is 2.20 bits per heavy atom. The molecule has 1 heterocycles. The van der Waals surface area contributed by atoms with Crippen LogP contribution in [0.4, 0.5) is 11.4 Å². The lowest BCUT2D eigenvalue weighted by atomic mass is 10.1. The van der Waals surface area contributed by atoms with Crippen LogP contribution in [0, 0.1) is 11.3 Å². The van der Waals surface area contributed by atoms with Gasteiger partial charge in [0, 0.05) is 37.5 Å². The highest BCUT2D eigenvalue weighted by molar-refractivity contribution is 5.98. The molecule has 0 saturated heterocycles. The van der Waals surface area contributed by atoms with Gasteiger partial charge in [0.2, 0.25) is 0 Å². The van der Waals surface area contributed by atoms with Crippen molar-refractivity contribution in [3.8, 4) is 6.07 Å². The van der Waals surface area contributed by atoms with Gasteiger partial charge in [-0.25, -0.2) is 0 Å². The van der Waals surface area contributed by atoms with Crippen LogP contribution in [0.1, 0.15) is 6.42 Å². The zero-order valence-electron chi connectivity index (χ0n) is 11.5. The summed E-state index contributed by atoms with van der Waals surface area (Å²) in [6, 6.07) is 9.89. The number of fused-ring (bicyclic) bond motifs is 1. The van der Waals surface area contributed by atoms with E-state index in [1.807, 2.05) is 24.3 Å². The summed E-state index contributed by atoms with van der Waals surface area (Å²) in [6.45, 7) is 2.00. The van der Waals surface area contributed by atoms with Gasteiger partial charge in [0.1, 0.15) is 0 Å². The number of ether oxygens (including phenoxy) is 1. The molecule has 5 nitrogen and oxygen atoms in total. The van der Waals surface area contributed by atoms with Gasteiger partial charge in [-0.15, -0.1) is 0 Å². The molecule has 1 aromatic heterocycles. The van der Waals surface area contributed by atoms with E-state index in [0.717, 1.165) is 23.1 Å².